The fourth-order valence-electron chi connectivity index (χ4n) is 1.12. The molecule has 0 aliphatic rings. The van der Waals surface area contributed by atoms with E-state index in [1.54, 1.807) is 6.92 Å². The molecule has 0 spiro atoms. The summed E-state index contributed by atoms with van der Waals surface area (Å²) in [4.78, 5) is 10.5. The van der Waals surface area contributed by atoms with Gasteiger partial charge in [0.1, 0.15) is 0 Å². The van der Waals surface area contributed by atoms with Gasteiger partial charge in [-0.2, -0.15) is 0 Å². The molecule has 0 saturated carbocycles. The number of aliphatic carboxylic acids is 1. The van der Waals surface area contributed by atoms with E-state index in [2.05, 4.69) is 5.32 Å². The van der Waals surface area contributed by atoms with Gasteiger partial charge in [-0.25, -0.2) is 0 Å². The van der Waals surface area contributed by atoms with Crippen LogP contribution in [0.5, 0.6) is 0 Å². The zero-order chi connectivity index (χ0) is 10.4. The predicted octanol–water partition coefficient (Wildman–Crippen LogP) is 1.50. The van der Waals surface area contributed by atoms with E-state index >= 15 is 0 Å². The Kier molecular flexibility index (Phi) is 4.13. The summed E-state index contributed by atoms with van der Waals surface area (Å²) in [6, 6.07) is 9.93. The third-order valence-electron chi connectivity index (χ3n) is 2.04. The van der Waals surface area contributed by atoms with Crippen molar-refractivity contribution in [3.05, 3.63) is 35.9 Å². The summed E-state index contributed by atoms with van der Waals surface area (Å²) in [6.07, 6.45) is 0. The van der Waals surface area contributed by atoms with Crippen molar-refractivity contribution in [2.24, 2.45) is 5.92 Å². The number of nitrogens with one attached hydrogen (secondary N) is 1. The third kappa shape index (κ3) is 3.58. The van der Waals surface area contributed by atoms with Gasteiger partial charge in [0, 0.05) is 13.1 Å². The minimum atomic E-state index is -0.759. The van der Waals surface area contributed by atoms with Crippen LogP contribution in [-0.4, -0.2) is 17.6 Å². The van der Waals surface area contributed by atoms with E-state index in [1.807, 2.05) is 30.3 Å². The highest BCUT2D eigenvalue weighted by atomic mass is 16.4. The molecule has 1 atom stereocenters. The van der Waals surface area contributed by atoms with Crippen molar-refractivity contribution in [3.8, 4) is 0 Å². The molecule has 0 bridgehead atoms. The highest BCUT2D eigenvalue weighted by molar-refractivity contribution is 5.69. The van der Waals surface area contributed by atoms with E-state index in [4.69, 9.17) is 5.11 Å². The van der Waals surface area contributed by atoms with Gasteiger partial charge in [0.2, 0.25) is 0 Å². The molecule has 76 valence electrons. The van der Waals surface area contributed by atoms with Crippen LogP contribution in [0.15, 0.2) is 30.3 Å². The molecule has 0 aliphatic carbocycles. The first kappa shape index (κ1) is 10.7. The molecule has 0 aliphatic heterocycles. The molecule has 2 N–H and O–H groups in total. The average molecular weight is 193 g/mol. The number of carboxylic acids is 1. The van der Waals surface area contributed by atoms with Crippen LogP contribution in [0.2, 0.25) is 0 Å². The molecule has 3 heteroatoms. The smallest absolute Gasteiger partial charge is 0.307 e. The summed E-state index contributed by atoms with van der Waals surface area (Å²) in [7, 11) is 0. The summed E-state index contributed by atoms with van der Waals surface area (Å²) in [6.45, 7) is 2.92. The molecular formula is C11H15NO2. The van der Waals surface area contributed by atoms with Crippen molar-refractivity contribution in [3.63, 3.8) is 0 Å². The first-order chi connectivity index (χ1) is 6.70. The molecule has 0 unspecified atom stereocenters. The Balaban J connectivity index is 2.26. The minimum Gasteiger partial charge on any atom is -0.481 e. The first-order valence-electron chi connectivity index (χ1n) is 4.67. The SMILES string of the molecule is C[C@@H](CNCc1ccccc1)C(=O)O. The fourth-order valence-corrected chi connectivity index (χ4v) is 1.12. The summed E-state index contributed by atoms with van der Waals surface area (Å²) in [5, 5.41) is 11.7. The van der Waals surface area contributed by atoms with E-state index in [1.165, 1.54) is 5.56 Å². The number of benzene rings is 1. The van der Waals surface area contributed by atoms with Crippen molar-refractivity contribution >= 4 is 5.97 Å². The Hall–Kier alpha value is -1.35. The lowest BCUT2D eigenvalue weighted by atomic mass is 10.2. The lowest BCUT2D eigenvalue weighted by Crippen LogP contribution is -2.25. The summed E-state index contributed by atoms with van der Waals surface area (Å²) < 4.78 is 0. The van der Waals surface area contributed by atoms with Crippen LogP contribution in [0.4, 0.5) is 0 Å². The van der Waals surface area contributed by atoms with Crippen molar-refractivity contribution in [1.29, 1.82) is 0 Å². The Morgan fingerprint density at radius 1 is 1.43 bits per heavy atom. The molecule has 0 radical (unpaired) electrons. The highest BCUT2D eigenvalue weighted by Gasteiger charge is 2.08. The number of carboxylic acid groups (broad SMARTS) is 1. The van der Waals surface area contributed by atoms with E-state index in [0.717, 1.165) is 6.54 Å². The maximum Gasteiger partial charge on any atom is 0.307 e. The Morgan fingerprint density at radius 3 is 2.64 bits per heavy atom. The number of hydrogen-bond acceptors (Lipinski definition) is 2. The van der Waals surface area contributed by atoms with E-state index in [9.17, 15) is 4.79 Å². The molecule has 0 amide bonds. The van der Waals surface area contributed by atoms with Crippen LogP contribution in [0.25, 0.3) is 0 Å². The molecule has 1 rings (SSSR count). The monoisotopic (exact) mass is 193 g/mol. The van der Waals surface area contributed by atoms with Gasteiger partial charge in [0.25, 0.3) is 0 Å². The van der Waals surface area contributed by atoms with Gasteiger partial charge in [-0.15, -0.1) is 0 Å². The van der Waals surface area contributed by atoms with Crippen molar-refractivity contribution < 1.29 is 9.90 Å². The average Bonchev–Trinajstić information content (AvgIpc) is 2.19. The van der Waals surface area contributed by atoms with Gasteiger partial charge in [0.05, 0.1) is 5.92 Å². The molecule has 3 nitrogen and oxygen atoms in total. The molecular weight excluding hydrogens is 178 g/mol. The van der Waals surface area contributed by atoms with Gasteiger partial charge >= 0.3 is 5.97 Å². The summed E-state index contributed by atoms with van der Waals surface area (Å²) in [5.74, 6) is -1.09. The highest BCUT2D eigenvalue weighted by Crippen LogP contribution is 1.98. The van der Waals surface area contributed by atoms with Gasteiger partial charge < -0.3 is 10.4 Å². The van der Waals surface area contributed by atoms with E-state index in [-0.39, 0.29) is 5.92 Å². The van der Waals surface area contributed by atoms with Gasteiger partial charge in [0.15, 0.2) is 0 Å². The quantitative estimate of drug-likeness (QED) is 0.745. The second kappa shape index (κ2) is 5.40. The normalized spacial score (nSPS) is 12.4. The fraction of sp³-hybridized carbons (Fsp3) is 0.364. The first-order valence-corrected chi connectivity index (χ1v) is 4.67. The summed E-state index contributed by atoms with van der Waals surface area (Å²) in [5.41, 5.74) is 1.17. The zero-order valence-electron chi connectivity index (χ0n) is 8.23. The topological polar surface area (TPSA) is 49.3 Å². The molecule has 0 heterocycles. The minimum absolute atomic E-state index is 0.335. The molecule has 0 saturated heterocycles. The maximum absolute atomic E-state index is 10.5. The summed E-state index contributed by atoms with van der Waals surface area (Å²) >= 11 is 0. The van der Waals surface area contributed by atoms with Crippen LogP contribution < -0.4 is 5.32 Å². The predicted molar refractivity (Wildman–Crippen MR) is 54.9 cm³/mol. The molecule has 1 aromatic carbocycles. The zero-order valence-corrected chi connectivity index (χ0v) is 8.23. The van der Waals surface area contributed by atoms with Gasteiger partial charge in [-0.05, 0) is 5.56 Å². The number of rotatable bonds is 5. The van der Waals surface area contributed by atoms with E-state index in [0.29, 0.717) is 6.54 Å². The third-order valence-corrected chi connectivity index (χ3v) is 2.04. The van der Waals surface area contributed by atoms with Crippen LogP contribution in [0.3, 0.4) is 0 Å². The van der Waals surface area contributed by atoms with Crippen LogP contribution >= 0.6 is 0 Å². The van der Waals surface area contributed by atoms with Crippen LogP contribution in [-0.2, 0) is 11.3 Å². The van der Waals surface area contributed by atoms with Crippen molar-refractivity contribution in [2.45, 2.75) is 13.5 Å². The van der Waals surface area contributed by atoms with Crippen molar-refractivity contribution in [1.82, 2.24) is 5.32 Å². The molecule has 1 aromatic rings. The second-order valence-corrected chi connectivity index (χ2v) is 3.36. The van der Waals surface area contributed by atoms with Crippen LogP contribution in [0, 0.1) is 5.92 Å². The molecule has 14 heavy (non-hydrogen) atoms. The standard InChI is InChI=1S/C11H15NO2/c1-9(11(13)14)7-12-8-10-5-3-2-4-6-10/h2-6,9,12H,7-8H2,1H3,(H,13,14)/t9-/m0/s1. The lowest BCUT2D eigenvalue weighted by Gasteiger charge is -2.07. The maximum atomic E-state index is 10.5. The Bertz CT molecular complexity index is 285. The number of hydrogen-bond donors (Lipinski definition) is 2. The second-order valence-electron chi connectivity index (χ2n) is 3.36. The Morgan fingerprint density at radius 2 is 2.07 bits per heavy atom. The van der Waals surface area contributed by atoms with Gasteiger partial charge in [-0.3, -0.25) is 4.79 Å². The van der Waals surface area contributed by atoms with Crippen molar-refractivity contribution in [2.75, 3.05) is 6.54 Å². The molecule has 0 aromatic heterocycles. The molecule has 0 fully saturated rings. The largest absolute Gasteiger partial charge is 0.481 e. The van der Waals surface area contributed by atoms with Gasteiger partial charge in [-0.1, -0.05) is 37.3 Å². The van der Waals surface area contributed by atoms with E-state index < -0.39 is 5.97 Å². The number of carbonyl (C=O) groups is 1. The Labute approximate surface area is 83.8 Å². The van der Waals surface area contributed by atoms with Crippen LogP contribution in [0.1, 0.15) is 12.5 Å². The lowest BCUT2D eigenvalue weighted by molar-refractivity contribution is -0.140.